The van der Waals surface area contributed by atoms with Gasteiger partial charge in [-0.25, -0.2) is 14.1 Å². The van der Waals surface area contributed by atoms with Gasteiger partial charge in [0.1, 0.15) is 15.7 Å². The largest absolute Gasteiger partial charge is 0.435 e. The van der Waals surface area contributed by atoms with Gasteiger partial charge in [-0.15, -0.1) is 16.4 Å². The van der Waals surface area contributed by atoms with Crippen LogP contribution in [0.1, 0.15) is 31.5 Å². The molecule has 0 unspecified atom stereocenters. The first-order valence-corrected chi connectivity index (χ1v) is 10.4. The van der Waals surface area contributed by atoms with E-state index in [1.54, 1.807) is 6.92 Å². The lowest BCUT2D eigenvalue weighted by atomic mass is 10.2. The number of alkyl halides is 3. The SMILES string of the molecule is Cc1nc(-c2ccccc2)sc1C(=O)NNC(=O)c1nnn(-c2ccc(F)cc2)c1C(F)(F)F. The van der Waals surface area contributed by atoms with E-state index in [2.05, 4.69) is 20.7 Å². The Kier molecular flexibility index (Phi) is 6.11. The molecule has 0 aliphatic heterocycles. The molecular weight excluding hydrogens is 476 g/mol. The fraction of sp³-hybridized carbons (Fsp3) is 0.0952. The Morgan fingerprint density at radius 1 is 0.971 bits per heavy atom. The Morgan fingerprint density at radius 3 is 2.26 bits per heavy atom. The van der Waals surface area contributed by atoms with Crippen molar-refractivity contribution in [3.8, 4) is 16.3 Å². The van der Waals surface area contributed by atoms with E-state index in [1.807, 2.05) is 35.8 Å². The quantitative estimate of drug-likeness (QED) is 0.334. The summed E-state index contributed by atoms with van der Waals surface area (Å²) in [4.78, 5) is 29.5. The van der Waals surface area contributed by atoms with E-state index in [1.165, 1.54) is 0 Å². The lowest BCUT2D eigenvalue weighted by molar-refractivity contribution is -0.143. The topological polar surface area (TPSA) is 102 Å². The number of hydrogen-bond acceptors (Lipinski definition) is 6. The van der Waals surface area contributed by atoms with Crippen LogP contribution in [-0.4, -0.2) is 31.8 Å². The third kappa shape index (κ3) is 4.64. The molecule has 4 aromatic rings. The highest BCUT2D eigenvalue weighted by molar-refractivity contribution is 7.17. The summed E-state index contributed by atoms with van der Waals surface area (Å²) in [6, 6.07) is 13.1. The highest BCUT2D eigenvalue weighted by Gasteiger charge is 2.42. The summed E-state index contributed by atoms with van der Waals surface area (Å²) in [7, 11) is 0. The molecule has 0 saturated carbocycles. The normalized spacial score (nSPS) is 11.3. The number of carbonyl (C=O) groups is 2. The lowest BCUT2D eigenvalue weighted by Gasteiger charge is -2.11. The van der Waals surface area contributed by atoms with Gasteiger partial charge in [0.2, 0.25) is 0 Å². The van der Waals surface area contributed by atoms with Gasteiger partial charge in [-0.2, -0.15) is 13.2 Å². The number of halogens is 4. The zero-order chi connectivity index (χ0) is 24.5. The summed E-state index contributed by atoms with van der Waals surface area (Å²) >= 11 is 1.06. The Labute approximate surface area is 193 Å². The number of nitrogens with zero attached hydrogens (tertiary/aromatic N) is 4. The Balaban J connectivity index is 1.54. The molecule has 2 aromatic carbocycles. The third-order valence-electron chi connectivity index (χ3n) is 4.54. The molecule has 2 heterocycles. The minimum Gasteiger partial charge on any atom is -0.266 e. The summed E-state index contributed by atoms with van der Waals surface area (Å²) < 4.78 is 54.6. The van der Waals surface area contributed by atoms with Crippen LogP contribution in [0.5, 0.6) is 0 Å². The van der Waals surface area contributed by atoms with Gasteiger partial charge in [-0.3, -0.25) is 20.4 Å². The van der Waals surface area contributed by atoms with Crippen LogP contribution in [0, 0.1) is 12.7 Å². The fourth-order valence-electron chi connectivity index (χ4n) is 2.99. The molecule has 0 aliphatic rings. The van der Waals surface area contributed by atoms with Crippen LogP contribution in [0.15, 0.2) is 54.6 Å². The first-order valence-electron chi connectivity index (χ1n) is 9.57. The van der Waals surface area contributed by atoms with Crippen LogP contribution in [0.25, 0.3) is 16.3 Å². The predicted octanol–water partition coefficient (Wildman–Crippen LogP) is 3.93. The molecule has 2 N–H and O–H groups in total. The number of rotatable bonds is 4. The maximum absolute atomic E-state index is 13.7. The van der Waals surface area contributed by atoms with Crippen molar-refractivity contribution < 1.29 is 27.2 Å². The molecule has 8 nitrogen and oxygen atoms in total. The van der Waals surface area contributed by atoms with Crippen LogP contribution in [0.4, 0.5) is 17.6 Å². The van der Waals surface area contributed by atoms with Crippen LogP contribution >= 0.6 is 11.3 Å². The van der Waals surface area contributed by atoms with Crippen molar-refractivity contribution in [1.29, 1.82) is 0 Å². The number of aromatic nitrogens is 4. The molecule has 0 aliphatic carbocycles. The number of amides is 2. The summed E-state index contributed by atoms with van der Waals surface area (Å²) in [6.45, 7) is 1.59. The van der Waals surface area contributed by atoms with Gasteiger partial charge in [0.05, 0.1) is 11.4 Å². The molecule has 4 rings (SSSR count). The molecule has 0 radical (unpaired) electrons. The average Bonchev–Trinajstić information content (AvgIpc) is 3.43. The first kappa shape index (κ1) is 23.0. The lowest BCUT2D eigenvalue weighted by Crippen LogP contribution is -2.42. The van der Waals surface area contributed by atoms with Crippen LogP contribution in [-0.2, 0) is 6.18 Å². The third-order valence-corrected chi connectivity index (χ3v) is 5.74. The van der Waals surface area contributed by atoms with Gasteiger partial charge < -0.3 is 0 Å². The summed E-state index contributed by atoms with van der Waals surface area (Å²) in [5.74, 6) is -2.75. The Hall–Kier alpha value is -4.13. The zero-order valence-electron chi connectivity index (χ0n) is 17.2. The molecule has 34 heavy (non-hydrogen) atoms. The van der Waals surface area contributed by atoms with Crippen molar-refractivity contribution in [2.45, 2.75) is 13.1 Å². The molecule has 0 saturated heterocycles. The Morgan fingerprint density at radius 2 is 1.62 bits per heavy atom. The second kappa shape index (κ2) is 9.02. The molecule has 0 spiro atoms. The van der Waals surface area contributed by atoms with Gasteiger partial charge in [0.15, 0.2) is 11.4 Å². The van der Waals surface area contributed by atoms with Crippen LogP contribution in [0.2, 0.25) is 0 Å². The van der Waals surface area contributed by atoms with Crippen molar-refractivity contribution >= 4 is 23.2 Å². The van der Waals surface area contributed by atoms with Crippen molar-refractivity contribution in [3.05, 3.63) is 82.4 Å². The minimum atomic E-state index is -5.02. The van der Waals surface area contributed by atoms with Crippen molar-refractivity contribution in [3.63, 3.8) is 0 Å². The van der Waals surface area contributed by atoms with Gasteiger partial charge in [-0.1, -0.05) is 35.5 Å². The number of hydrazine groups is 1. The molecule has 2 aromatic heterocycles. The number of carbonyl (C=O) groups excluding carboxylic acids is 2. The van der Waals surface area contributed by atoms with Crippen molar-refractivity contribution in [2.24, 2.45) is 0 Å². The highest BCUT2D eigenvalue weighted by Crippen LogP contribution is 2.33. The first-order chi connectivity index (χ1) is 16.1. The van der Waals surface area contributed by atoms with E-state index >= 15 is 0 Å². The Bertz CT molecular complexity index is 1350. The van der Waals surface area contributed by atoms with Crippen LogP contribution in [0.3, 0.4) is 0 Å². The highest BCUT2D eigenvalue weighted by atomic mass is 32.1. The molecule has 0 bridgehead atoms. The average molecular weight is 490 g/mol. The minimum absolute atomic E-state index is 0.155. The summed E-state index contributed by atoms with van der Waals surface area (Å²) in [5.41, 5.74) is 2.47. The van der Waals surface area contributed by atoms with Gasteiger partial charge in [0, 0.05) is 5.56 Å². The summed E-state index contributed by atoms with van der Waals surface area (Å²) in [6.07, 6.45) is -5.02. The molecule has 2 amide bonds. The molecule has 174 valence electrons. The molecule has 13 heteroatoms. The maximum atomic E-state index is 13.7. The van der Waals surface area contributed by atoms with Gasteiger partial charge in [-0.05, 0) is 31.2 Å². The standard InChI is InChI=1S/C21H14F4N6O2S/c1-11-16(34-20(26-11)12-5-3-2-4-6-12)19(33)29-28-18(32)15-17(21(23,24)25)31(30-27-15)14-9-7-13(22)8-10-14/h2-10H,1H3,(H,28,32)(H,29,33). The predicted molar refractivity (Wildman–Crippen MR) is 114 cm³/mol. The smallest absolute Gasteiger partial charge is 0.266 e. The van der Waals surface area contributed by atoms with Gasteiger partial charge >= 0.3 is 6.18 Å². The van der Waals surface area contributed by atoms with E-state index in [9.17, 15) is 27.2 Å². The fourth-order valence-corrected chi connectivity index (χ4v) is 3.96. The maximum Gasteiger partial charge on any atom is 0.435 e. The van der Waals surface area contributed by atoms with E-state index < -0.39 is 35.2 Å². The number of benzene rings is 2. The van der Waals surface area contributed by atoms with Crippen molar-refractivity contribution in [1.82, 2.24) is 30.8 Å². The van der Waals surface area contributed by atoms with E-state index in [-0.39, 0.29) is 10.6 Å². The number of nitrogens with one attached hydrogen (secondary N) is 2. The van der Waals surface area contributed by atoms with Gasteiger partial charge in [0.25, 0.3) is 11.8 Å². The monoisotopic (exact) mass is 490 g/mol. The summed E-state index contributed by atoms with van der Waals surface area (Å²) in [5, 5.41) is 7.27. The second-order valence-corrected chi connectivity index (χ2v) is 7.88. The molecule has 0 atom stereocenters. The van der Waals surface area contributed by atoms with E-state index in [0.29, 0.717) is 15.4 Å². The molecule has 0 fully saturated rings. The number of hydrogen-bond donors (Lipinski definition) is 2. The second-order valence-electron chi connectivity index (χ2n) is 6.88. The van der Waals surface area contributed by atoms with E-state index in [4.69, 9.17) is 0 Å². The van der Waals surface area contributed by atoms with Crippen molar-refractivity contribution in [2.75, 3.05) is 0 Å². The number of aryl methyl sites for hydroxylation is 1. The van der Waals surface area contributed by atoms with Crippen LogP contribution < -0.4 is 10.9 Å². The van der Waals surface area contributed by atoms with E-state index in [0.717, 1.165) is 41.2 Å². The molecular formula is C21H14F4N6O2S. The number of thiazole rings is 1. The zero-order valence-corrected chi connectivity index (χ0v) is 18.0.